The fourth-order valence-corrected chi connectivity index (χ4v) is 3.74. The van der Waals surface area contributed by atoms with Crippen molar-refractivity contribution in [2.24, 2.45) is 0 Å². The minimum absolute atomic E-state index is 0.0843. The predicted molar refractivity (Wildman–Crippen MR) is 112 cm³/mol. The van der Waals surface area contributed by atoms with Gasteiger partial charge in [0.1, 0.15) is 0 Å². The Morgan fingerprint density at radius 3 is 2.53 bits per heavy atom. The van der Waals surface area contributed by atoms with Crippen LogP contribution in [-0.2, 0) is 17.5 Å². The van der Waals surface area contributed by atoms with Gasteiger partial charge in [0.2, 0.25) is 5.91 Å². The Kier molecular flexibility index (Phi) is 6.72. The van der Waals surface area contributed by atoms with E-state index in [4.69, 9.17) is 11.6 Å². The lowest BCUT2D eigenvalue weighted by Crippen LogP contribution is -2.23. The fourth-order valence-electron chi connectivity index (χ4n) is 2.70. The van der Waals surface area contributed by atoms with Gasteiger partial charge in [-0.15, -0.1) is 10.2 Å². The maximum atomic E-state index is 12.9. The number of aromatic nitrogens is 3. The van der Waals surface area contributed by atoms with Gasteiger partial charge in [-0.05, 0) is 56.3 Å². The highest BCUT2D eigenvalue weighted by molar-refractivity contribution is 8.00. The van der Waals surface area contributed by atoms with Crippen LogP contribution in [0, 0.1) is 0 Å². The standard InChI is InChI=1S/C20H18ClF3N4OS/c1-3-28-17(13-7-9-15(21)10-8-13)26-27-19(28)30-12(2)18(29)25-16-6-4-5-14(11-16)20(22,23)24/h4-12H,3H2,1-2H3,(H,25,29). The third-order valence-electron chi connectivity index (χ3n) is 4.24. The maximum absolute atomic E-state index is 12.9. The van der Waals surface area contributed by atoms with Crippen molar-refractivity contribution in [3.05, 3.63) is 59.1 Å². The first-order chi connectivity index (χ1) is 14.2. The first-order valence-corrected chi connectivity index (χ1v) is 10.3. The van der Waals surface area contributed by atoms with E-state index < -0.39 is 22.9 Å². The summed E-state index contributed by atoms with van der Waals surface area (Å²) in [7, 11) is 0. The second kappa shape index (κ2) is 9.09. The van der Waals surface area contributed by atoms with Gasteiger partial charge in [-0.2, -0.15) is 13.2 Å². The molecule has 1 amide bonds. The Labute approximate surface area is 180 Å². The summed E-state index contributed by atoms with van der Waals surface area (Å²) >= 11 is 7.11. The number of amides is 1. The Bertz CT molecular complexity index is 1040. The zero-order valence-corrected chi connectivity index (χ0v) is 17.6. The largest absolute Gasteiger partial charge is 0.416 e. The fraction of sp³-hybridized carbons (Fsp3) is 0.250. The second-order valence-corrected chi connectivity index (χ2v) is 8.13. The number of hydrogen-bond acceptors (Lipinski definition) is 4. The maximum Gasteiger partial charge on any atom is 0.416 e. The molecule has 0 spiro atoms. The van der Waals surface area contributed by atoms with Crippen molar-refractivity contribution >= 4 is 35.0 Å². The number of nitrogens with zero attached hydrogens (tertiary/aromatic N) is 3. The molecule has 1 unspecified atom stereocenters. The molecule has 1 atom stereocenters. The van der Waals surface area contributed by atoms with Gasteiger partial charge in [0.25, 0.3) is 0 Å². The molecule has 10 heteroatoms. The summed E-state index contributed by atoms with van der Waals surface area (Å²) in [6.07, 6.45) is -4.48. The van der Waals surface area contributed by atoms with Crippen LogP contribution in [0.15, 0.2) is 53.7 Å². The third kappa shape index (κ3) is 5.14. The molecule has 30 heavy (non-hydrogen) atoms. The van der Waals surface area contributed by atoms with Gasteiger partial charge in [0, 0.05) is 22.8 Å². The van der Waals surface area contributed by atoms with Crippen LogP contribution in [0.3, 0.4) is 0 Å². The summed E-state index contributed by atoms with van der Waals surface area (Å²) in [6, 6.07) is 11.7. The highest BCUT2D eigenvalue weighted by Crippen LogP contribution is 2.31. The predicted octanol–water partition coefficient (Wildman–Crippen LogP) is 5.76. The number of rotatable bonds is 6. The molecule has 1 aromatic heterocycles. The number of carbonyl (C=O) groups is 1. The molecule has 5 nitrogen and oxygen atoms in total. The summed E-state index contributed by atoms with van der Waals surface area (Å²) in [5.41, 5.74) is 0.0988. The molecule has 0 radical (unpaired) electrons. The first-order valence-electron chi connectivity index (χ1n) is 9.03. The number of thioether (sulfide) groups is 1. The molecule has 1 N–H and O–H groups in total. The van der Waals surface area contributed by atoms with Gasteiger partial charge < -0.3 is 9.88 Å². The zero-order valence-electron chi connectivity index (χ0n) is 16.1. The van der Waals surface area contributed by atoms with Gasteiger partial charge in [0.15, 0.2) is 11.0 Å². The Morgan fingerprint density at radius 2 is 1.90 bits per heavy atom. The molecule has 0 aliphatic heterocycles. The summed E-state index contributed by atoms with van der Waals surface area (Å²) in [4.78, 5) is 12.5. The van der Waals surface area contributed by atoms with E-state index in [-0.39, 0.29) is 5.69 Å². The number of benzene rings is 2. The average molecular weight is 455 g/mol. The van der Waals surface area contributed by atoms with Gasteiger partial charge in [-0.1, -0.05) is 29.4 Å². The van der Waals surface area contributed by atoms with Gasteiger partial charge >= 0.3 is 6.18 Å². The minimum atomic E-state index is -4.48. The molecule has 0 bridgehead atoms. The Morgan fingerprint density at radius 1 is 1.20 bits per heavy atom. The third-order valence-corrected chi connectivity index (χ3v) is 5.58. The van der Waals surface area contributed by atoms with Crippen molar-refractivity contribution in [1.29, 1.82) is 0 Å². The first kappa shape index (κ1) is 22.2. The quantitative estimate of drug-likeness (QED) is 0.481. The molecule has 0 saturated heterocycles. The Balaban J connectivity index is 1.74. The Hall–Kier alpha value is -2.52. The monoisotopic (exact) mass is 454 g/mol. The summed E-state index contributed by atoms with van der Waals surface area (Å²) < 4.78 is 40.4. The van der Waals surface area contributed by atoms with Crippen LogP contribution < -0.4 is 5.32 Å². The molecular formula is C20H18ClF3N4OS. The van der Waals surface area contributed by atoms with E-state index in [1.54, 1.807) is 19.1 Å². The molecule has 0 aliphatic rings. The van der Waals surface area contributed by atoms with Gasteiger partial charge in [0.05, 0.1) is 10.8 Å². The molecule has 0 fully saturated rings. The van der Waals surface area contributed by atoms with Crippen LogP contribution in [0.5, 0.6) is 0 Å². The van der Waals surface area contributed by atoms with Crippen molar-refractivity contribution < 1.29 is 18.0 Å². The summed E-state index contributed by atoms with van der Waals surface area (Å²) in [5, 5.41) is 11.5. The van der Waals surface area contributed by atoms with Crippen molar-refractivity contribution in [2.75, 3.05) is 5.32 Å². The van der Waals surface area contributed by atoms with E-state index in [1.807, 2.05) is 23.6 Å². The number of carbonyl (C=O) groups excluding carboxylic acids is 1. The SMILES string of the molecule is CCn1c(SC(C)C(=O)Nc2cccc(C(F)(F)F)c2)nnc1-c1ccc(Cl)cc1. The van der Waals surface area contributed by atoms with E-state index in [1.165, 1.54) is 23.9 Å². The van der Waals surface area contributed by atoms with Crippen LogP contribution in [0.1, 0.15) is 19.4 Å². The molecule has 2 aromatic carbocycles. The van der Waals surface area contributed by atoms with E-state index in [9.17, 15) is 18.0 Å². The van der Waals surface area contributed by atoms with Crippen LogP contribution in [-0.4, -0.2) is 25.9 Å². The van der Waals surface area contributed by atoms with Crippen LogP contribution in [0.4, 0.5) is 18.9 Å². The van der Waals surface area contributed by atoms with Crippen molar-refractivity contribution in [3.8, 4) is 11.4 Å². The van der Waals surface area contributed by atoms with E-state index in [0.29, 0.717) is 22.5 Å². The molecular weight excluding hydrogens is 437 g/mol. The topological polar surface area (TPSA) is 59.8 Å². The number of halogens is 4. The lowest BCUT2D eigenvalue weighted by molar-refractivity contribution is -0.137. The smallest absolute Gasteiger partial charge is 0.325 e. The highest BCUT2D eigenvalue weighted by Gasteiger charge is 2.30. The molecule has 3 rings (SSSR count). The van der Waals surface area contributed by atoms with Crippen LogP contribution in [0.25, 0.3) is 11.4 Å². The number of alkyl halides is 3. The molecule has 158 valence electrons. The van der Waals surface area contributed by atoms with Crippen LogP contribution >= 0.6 is 23.4 Å². The highest BCUT2D eigenvalue weighted by atomic mass is 35.5. The lowest BCUT2D eigenvalue weighted by Gasteiger charge is -2.14. The van der Waals surface area contributed by atoms with E-state index >= 15 is 0 Å². The number of nitrogens with one attached hydrogen (secondary N) is 1. The zero-order chi connectivity index (χ0) is 21.9. The molecule has 0 aliphatic carbocycles. The summed E-state index contributed by atoms with van der Waals surface area (Å²) in [5.74, 6) is 0.208. The van der Waals surface area contributed by atoms with Gasteiger partial charge in [-0.25, -0.2) is 0 Å². The van der Waals surface area contributed by atoms with Crippen molar-refractivity contribution in [2.45, 2.75) is 37.0 Å². The molecule has 0 saturated carbocycles. The minimum Gasteiger partial charge on any atom is -0.325 e. The van der Waals surface area contributed by atoms with E-state index in [0.717, 1.165) is 17.7 Å². The second-order valence-electron chi connectivity index (χ2n) is 6.39. The average Bonchev–Trinajstić information content (AvgIpc) is 3.10. The number of anilines is 1. The molecule has 3 aromatic rings. The van der Waals surface area contributed by atoms with Gasteiger partial charge in [-0.3, -0.25) is 4.79 Å². The number of hydrogen-bond donors (Lipinski definition) is 1. The van der Waals surface area contributed by atoms with Crippen LogP contribution in [0.2, 0.25) is 5.02 Å². The van der Waals surface area contributed by atoms with Crippen molar-refractivity contribution in [1.82, 2.24) is 14.8 Å². The lowest BCUT2D eigenvalue weighted by atomic mass is 10.2. The summed E-state index contributed by atoms with van der Waals surface area (Å²) in [6.45, 7) is 4.17. The van der Waals surface area contributed by atoms with E-state index in [2.05, 4.69) is 15.5 Å². The van der Waals surface area contributed by atoms with Crippen molar-refractivity contribution in [3.63, 3.8) is 0 Å². The molecule has 1 heterocycles. The normalized spacial score (nSPS) is 12.6.